The first-order valence-corrected chi connectivity index (χ1v) is 7.17. The summed E-state index contributed by atoms with van der Waals surface area (Å²) in [5.74, 6) is -1.52. The van der Waals surface area contributed by atoms with Gasteiger partial charge in [0.05, 0.1) is 5.56 Å². The standard InChI is InChI=1S/C18H18FNO3/c1-11-7-12(2)17(13(3)8-11)18(22)23-10-16(21)20-15-6-4-5-14(19)9-15/h4-9H,10H2,1-3H3,(H,20,21). The minimum atomic E-state index is -0.547. The molecule has 1 amide bonds. The molecular formula is C18H18FNO3. The van der Waals surface area contributed by atoms with E-state index in [1.807, 2.05) is 32.9 Å². The molecule has 23 heavy (non-hydrogen) atoms. The molecule has 0 spiro atoms. The number of amides is 1. The van der Waals surface area contributed by atoms with Gasteiger partial charge in [0.1, 0.15) is 5.82 Å². The van der Waals surface area contributed by atoms with E-state index in [9.17, 15) is 14.0 Å². The number of esters is 1. The van der Waals surface area contributed by atoms with Crippen molar-refractivity contribution < 1.29 is 18.7 Å². The summed E-state index contributed by atoms with van der Waals surface area (Å²) in [5.41, 5.74) is 3.44. The molecular weight excluding hydrogens is 297 g/mol. The molecule has 0 fully saturated rings. The van der Waals surface area contributed by atoms with Crippen LogP contribution in [0.5, 0.6) is 0 Å². The van der Waals surface area contributed by atoms with Crippen molar-refractivity contribution in [3.63, 3.8) is 0 Å². The largest absolute Gasteiger partial charge is 0.452 e. The summed E-state index contributed by atoms with van der Waals surface area (Å²) < 4.78 is 18.1. The molecule has 0 aromatic heterocycles. The SMILES string of the molecule is Cc1cc(C)c(C(=O)OCC(=O)Nc2cccc(F)c2)c(C)c1. The van der Waals surface area contributed by atoms with Gasteiger partial charge in [0, 0.05) is 5.69 Å². The fourth-order valence-electron chi connectivity index (χ4n) is 2.47. The number of rotatable bonds is 4. The number of aryl methyl sites for hydroxylation is 3. The van der Waals surface area contributed by atoms with E-state index in [4.69, 9.17) is 4.74 Å². The summed E-state index contributed by atoms with van der Waals surface area (Å²) >= 11 is 0. The normalized spacial score (nSPS) is 10.3. The highest BCUT2D eigenvalue weighted by Crippen LogP contribution is 2.17. The lowest BCUT2D eigenvalue weighted by Gasteiger charge is -2.11. The molecule has 0 bridgehead atoms. The van der Waals surface area contributed by atoms with Crippen LogP contribution < -0.4 is 5.32 Å². The van der Waals surface area contributed by atoms with E-state index >= 15 is 0 Å². The number of ether oxygens (including phenoxy) is 1. The number of hydrogen-bond acceptors (Lipinski definition) is 3. The minimum absolute atomic E-state index is 0.314. The summed E-state index contributed by atoms with van der Waals surface area (Å²) in [6.45, 7) is 5.16. The summed E-state index contributed by atoms with van der Waals surface area (Å²) in [7, 11) is 0. The van der Waals surface area contributed by atoms with Crippen molar-refractivity contribution in [3.8, 4) is 0 Å². The van der Waals surface area contributed by atoms with Crippen molar-refractivity contribution in [3.05, 3.63) is 64.5 Å². The summed E-state index contributed by atoms with van der Waals surface area (Å²) in [6, 6.07) is 9.27. The van der Waals surface area contributed by atoms with Crippen LogP contribution in [0.2, 0.25) is 0 Å². The van der Waals surface area contributed by atoms with Crippen LogP contribution in [0.3, 0.4) is 0 Å². The van der Waals surface area contributed by atoms with E-state index < -0.39 is 24.3 Å². The number of carbonyl (C=O) groups is 2. The summed E-state index contributed by atoms with van der Waals surface area (Å²) in [6.07, 6.45) is 0. The van der Waals surface area contributed by atoms with Crippen molar-refractivity contribution in [1.82, 2.24) is 0 Å². The molecule has 2 aromatic carbocycles. The second kappa shape index (κ2) is 7.05. The van der Waals surface area contributed by atoms with Crippen molar-refractivity contribution in [1.29, 1.82) is 0 Å². The van der Waals surface area contributed by atoms with Gasteiger partial charge in [-0.3, -0.25) is 4.79 Å². The van der Waals surface area contributed by atoms with E-state index in [1.165, 1.54) is 18.2 Å². The van der Waals surface area contributed by atoms with Crippen LogP contribution in [-0.2, 0) is 9.53 Å². The Morgan fingerprint density at radius 2 is 1.74 bits per heavy atom. The third-order valence-electron chi connectivity index (χ3n) is 3.32. The zero-order chi connectivity index (χ0) is 17.0. The van der Waals surface area contributed by atoms with Crippen molar-refractivity contribution in [2.24, 2.45) is 0 Å². The van der Waals surface area contributed by atoms with Crippen LogP contribution in [0.4, 0.5) is 10.1 Å². The average molecular weight is 315 g/mol. The fourth-order valence-corrected chi connectivity index (χ4v) is 2.47. The van der Waals surface area contributed by atoms with Gasteiger partial charge < -0.3 is 10.1 Å². The first-order chi connectivity index (χ1) is 10.9. The quantitative estimate of drug-likeness (QED) is 0.878. The maximum Gasteiger partial charge on any atom is 0.339 e. The first kappa shape index (κ1) is 16.7. The second-order valence-electron chi connectivity index (χ2n) is 5.41. The van der Waals surface area contributed by atoms with Gasteiger partial charge in [0.2, 0.25) is 0 Å². The van der Waals surface area contributed by atoms with Crippen LogP contribution >= 0.6 is 0 Å². The number of benzene rings is 2. The number of nitrogens with one attached hydrogen (secondary N) is 1. The van der Waals surface area contributed by atoms with E-state index in [-0.39, 0.29) is 0 Å². The van der Waals surface area contributed by atoms with Crippen LogP contribution in [0.25, 0.3) is 0 Å². The molecule has 2 aromatic rings. The van der Waals surface area contributed by atoms with Crippen molar-refractivity contribution in [2.45, 2.75) is 20.8 Å². The highest BCUT2D eigenvalue weighted by molar-refractivity contribution is 5.96. The lowest BCUT2D eigenvalue weighted by Crippen LogP contribution is -2.21. The Morgan fingerprint density at radius 3 is 2.35 bits per heavy atom. The third-order valence-corrected chi connectivity index (χ3v) is 3.32. The Morgan fingerprint density at radius 1 is 1.09 bits per heavy atom. The maximum atomic E-state index is 13.0. The molecule has 0 heterocycles. The zero-order valence-corrected chi connectivity index (χ0v) is 13.3. The molecule has 0 aliphatic heterocycles. The lowest BCUT2D eigenvalue weighted by molar-refractivity contribution is -0.119. The molecule has 0 aliphatic carbocycles. The molecule has 0 aliphatic rings. The predicted molar refractivity (Wildman–Crippen MR) is 86.0 cm³/mol. The molecule has 0 saturated carbocycles. The Labute approximate surface area is 134 Å². The van der Waals surface area contributed by atoms with Crippen molar-refractivity contribution >= 4 is 17.6 Å². The molecule has 0 atom stereocenters. The van der Waals surface area contributed by atoms with Gasteiger partial charge in [-0.2, -0.15) is 0 Å². The Balaban J connectivity index is 1.98. The average Bonchev–Trinajstić information content (AvgIpc) is 2.44. The first-order valence-electron chi connectivity index (χ1n) is 7.17. The summed E-state index contributed by atoms with van der Waals surface area (Å²) in [4.78, 5) is 23.9. The molecule has 120 valence electrons. The summed E-state index contributed by atoms with van der Waals surface area (Å²) in [5, 5.41) is 2.47. The van der Waals surface area contributed by atoms with Gasteiger partial charge >= 0.3 is 5.97 Å². The second-order valence-corrected chi connectivity index (χ2v) is 5.41. The van der Waals surface area contributed by atoms with E-state index in [2.05, 4.69) is 5.32 Å². The molecule has 0 unspecified atom stereocenters. The van der Waals surface area contributed by atoms with Gasteiger partial charge in [0.25, 0.3) is 5.91 Å². The Hall–Kier alpha value is -2.69. The number of carbonyl (C=O) groups excluding carboxylic acids is 2. The van der Waals surface area contributed by atoms with Crippen LogP contribution in [-0.4, -0.2) is 18.5 Å². The molecule has 0 saturated heterocycles. The Bertz CT molecular complexity index is 733. The van der Waals surface area contributed by atoms with Gasteiger partial charge in [-0.05, 0) is 50.1 Å². The molecule has 4 nitrogen and oxygen atoms in total. The fraction of sp³-hybridized carbons (Fsp3) is 0.222. The zero-order valence-electron chi connectivity index (χ0n) is 13.3. The van der Waals surface area contributed by atoms with Gasteiger partial charge in [-0.15, -0.1) is 0 Å². The number of halogens is 1. The minimum Gasteiger partial charge on any atom is -0.452 e. The van der Waals surface area contributed by atoms with E-state index in [0.717, 1.165) is 16.7 Å². The topological polar surface area (TPSA) is 55.4 Å². The number of hydrogen-bond donors (Lipinski definition) is 1. The van der Waals surface area contributed by atoms with E-state index in [0.29, 0.717) is 11.3 Å². The highest BCUT2D eigenvalue weighted by atomic mass is 19.1. The lowest BCUT2D eigenvalue weighted by atomic mass is 10.00. The molecule has 5 heteroatoms. The maximum absolute atomic E-state index is 13.0. The van der Waals surface area contributed by atoms with Gasteiger partial charge in [0.15, 0.2) is 6.61 Å². The predicted octanol–water partition coefficient (Wildman–Crippen LogP) is 3.55. The van der Waals surface area contributed by atoms with Crippen LogP contribution in [0.1, 0.15) is 27.0 Å². The van der Waals surface area contributed by atoms with Crippen molar-refractivity contribution in [2.75, 3.05) is 11.9 Å². The monoisotopic (exact) mass is 315 g/mol. The highest BCUT2D eigenvalue weighted by Gasteiger charge is 2.16. The smallest absolute Gasteiger partial charge is 0.339 e. The third kappa shape index (κ3) is 4.39. The van der Waals surface area contributed by atoms with Crippen LogP contribution in [0, 0.1) is 26.6 Å². The molecule has 1 N–H and O–H groups in total. The molecule has 0 radical (unpaired) electrons. The molecule has 2 rings (SSSR count). The Kier molecular flexibility index (Phi) is 5.11. The van der Waals surface area contributed by atoms with Gasteiger partial charge in [-0.1, -0.05) is 23.8 Å². The van der Waals surface area contributed by atoms with Gasteiger partial charge in [-0.25, -0.2) is 9.18 Å². The number of anilines is 1. The van der Waals surface area contributed by atoms with Crippen LogP contribution in [0.15, 0.2) is 36.4 Å². The van der Waals surface area contributed by atoms with E-state index in [1.54, 1.807) is 6.07 Å².